The quantitative estimate of drug-likeness (QED) is 0.643. The second-order valence-corrected chi connectivity index (χ2v) is 4.95. The molecule has 2 N–H and O–H groups in total. The summed E-state index contributed by atoms with van der Waals surface area (Å²) in [6, 6.07) is 0.661. The highest BCUT2D eigenvalue weighted by Gasteiger charge is 2.31. The number of benzene rings is 1. The van der Waals surface area contributed by atoms with Gasteiger partial charge in [-0.1, -0.05) is 0 Å². The van der Waals surface area contributed by atoms with Crippen molar-refractivity contribution in [1.29, 1.82) is 0 Å². The third-order valence-corrected chi connectivity index (χ3v) is 3.24. The van der Waals surface area contributed by atoms with Gasteiger partial charge in [0, 0.05) is 6.42 Å². The van der Waals surface area contributed by atoms with Crippen molar-refractivity contribution in [2.45, 2.75) is 31.9 Å². The van der Waals surface area contributed by atoms with E-state index in [9.17, 15) is 27.6 Å². The molecule has 0 aliphatic carbocycles. The number of amides is 2. The topological polar surface area (TPSA) is 84.5 Å². The molecule has 1 saturated heterocycles. The zero-order valence-electron chi connectivity index (χ0n) is 12.0. The highest BCUT2D eigenvalue weighted by atomic mass is 19.2. The Bertz CT molecular complexity index is 666. The largest absolute Gasteiger partial charge is 0.451 e. The average molecular weight is 330 g/mol. The van der Waals surface area contributed by atoms with Gasteiger partial charge in [-0.05, 0) is 25.5 Å². The van der Waals surface area contributed by atoms with Gasteiger partial charge in [-0.15, -0.1) is 0 Å². The fourth-order valence-corrected chi connectivity index (χ4v) is 1.96. The van der Waals surface area contributed by atoms with Crippen LogP contribution in [0.5, 0.6) is 0 Å². The van der Waals surface area contributed by atoms with E-state index in [0.29, 0.717) is 6.07 Å². The molecule has 2 atom stereocenters. The van der Waals surface area contributed by atoms with E-state index >= 15 is 0 Å². The van der Waals surface area contributed by atoms with Gasteiger partial charge in [0.05, 0.1) is 5.69 Å². The number of rotatable bonds is 4. The van der Waals surface area contributed by atoms with Crippen molar-refractivity contribution in [3.8, 4) is 0 Å². The molecule has 1 heterocycles. The van der Waals surface area contributed by atoms with Crippen LogP contribution in [-0.4, -0.2) is 29.9 Å². The van der Waals surface area contributed by atoms with Crippen LogP contribution < -0.4 is 10.6 Å². The summed E-state index contributed by atoms with van der Waals surface area (Å²) in [6.45, 7) is 1.22. The van der Waals surface area contributed by atoms with Crippen LogP contribution in [0.4, 0.5) is 18.9 Å². The molecular formula is C14H13F3N2O4. The van der Waals surface area contributed by atoms with Crippen LogP contribution >= 0.6 is 0 Å². The highest BCUT2D eigenvalue weighted by Crippen LogP contribution is 2.20. The molecule has 0 radical (unpaired) electrons. The van der Waals surface area contributed by atoms with E-state index in [2.05, 4.69) is 5.32 Å². The summed E-state index contributed by atoms with van der Waals surface area (Å²) in [5.41, 5.74) is -0.578. The molecule has 1 aliphatic heterocycles. The molecule has 0 aromatic heterocycles. The zero-order valence-corrected chi connectivity index (χ0v) is 12.0. The van der Waals surface area contributed by atoms with Crippen molar-refractivity contribution in [1.82, 2.24) is 5.32 Å². The Morgan fingerprint density at radius 3 is 2.61 bits per heavy atom. The molecule has 1 fully saturated rings. The van der Waals surface area contributed by atoms with E-state index in [1.54, 1.807) is 0 Å². The van der Waals surface area contributed by atoms with Gasteiger partial charge in [-0.3, -0.25) is 9.59 Å². The Balaban J connectivity index is 1.96. The van der Waals surface area contributed by atoms with E-state index in [1.165, 1.54) is 6.92 Å². The summed E-state index contributed by atoms with van der Waals surface area (Å²) in [6.07, 6.45) is -0.878. The minimum Gasteiger partial charge on any atom is -0.451 e. The average Bonchev–Trinajstić information content (AvgIpc) is 2.94. The lowest BCUT2D eigenvalue weighted by Crippen LogP contribution is -2.39. The number of nitrogens with one attached hydrogen (secondary N) is 2. The van der Waals surface area contributed by atoms with Gasteiger partial charge in [-0.2, -0.15) is 0 Å². The van der Waals surface area contributed by atoms with Gasteiger partial charge in [0.1, 0.15) is 6.04 Å². The molecule has 6 nitrogen and oxygen atoms in total. The number of hydrogen-bond donors (Lipinski definition) is 2. The molecular weight excluding hydrogens is 317 g/mol. The lowest BCUT2D eigenvalue weighted by atomic mass is 10.2. The van der Waals surface area contributed by atoms with E-state index in [4.69, 9.17) is 4.74 Å². The minimum atomic E-state index is -1.72. The monoisotopic (exact) mass is 330 g/mol. The Labute approximate surface area is 129 Å². The van der Waals surface area contributed by atoms with Gasteiger partial charge in [0.15, 0.2) is 23.6 Å². The Morgan fingerprint density at radius 2 is 2.00 bits per heavy atom. The fourth-order valence-electron chi connectivity index (χ4n) is 1.96. The fraction of sp³-hybridized carbons (Fsp3) is 0.357. The third-order valence-electron chi connectivity index (χ3n) is 3.24. The number of carbonyl (C=O) groups excluding carboxylic acids is 3. The summed E-state index contributed by atoms with van der Waals surface area (Å²) < 4.78 is 44.2. The van der Waals surface area contributed by atoms with Crippen LogP contribution in [-0.2, 0) is 19.1 Å². The van der Waals surface area contributed by atoms with Crippen LogP contribution in [0, 0.1) is 17.5 Å². The predicted octanol–water partition coefficient (Wildman–Crippen LogP) is 1.25. The normalized spacial score (nSPS) is 18.3. The number of ether oxygens (including phenoxy) is 1. The summed E-state index contributed by atoms with van der Waals surface area (Å²) >= 11 is 0. The minimum absolute atomic E-state index is 0.181. The highest BCUT2D eigenvalue weighted by molar-refractivity contribution is 5.96. The van der Waals surface area contributed by atoms with Crippen molar-refractivity contribution in [3.05, 3.63) is 29.6 Å². The first-order chi connectivity index (χ1) is 10.8. The number of anilines is 1. The maximum atomic E-state index is 13.5. The maximum absolute atomic E-state index is 13.5. The van der Waals surface area contributed by atoms with Crippen molar-refractivity contribution in [2.24, 2.45) is 0 Å². The number of carbonyl (C=O) groups is 3. The number of esters is 1. The number of halogens is 3. The first-order valence-electron chi connectivity index (χ1n) is 6.74. The molecule has 0 saturated carbocycles. The zero-order chi connectivity index (χ0) is 17.1. The van der Waals surface area contributed by atoms with Crippen molar-refractivity contribution in [2.75, 3.05) is 5.32 Å². The van der Waals surface area contributed by atoms with Gasteiger partial charge < -0.3 is 15.4 Å². The molecule has 1 aromatic rings. The number of hydrogen-bond acceptors (Lipinski definition) is 4. The predicted molar refractivity (Wildman–Crippen MR) is 71.7 cm³/mol. The van der Waals surface area contributed by atoms with E-state index in [1.807, 2.05) is 5.32 Å². The molecule has 2 amide bonds. The molecule has 1 aliphatic rings. The summed E-state index contributed by atoms with van der Waals surface area (Å²) in [7, 11) is 0. The lowest BCUT2D eigenvalue weighted by molar-refractivity contribution is -0.155. The summed E-state index contributed by atoms with van der Waals surface area (Å²) in [4.78, 5) is 34.5. The molecule has 0 spiro atoms. The summed E-state index contributed by atoms with van der Waals surface area (Å²) in [5.74, 6) is -6.69. The molecule has 0 unspecified atom stereocenters. The SMILES string of the molecule is C[C@@H](OC(=O)[C@H]1CCC(=O)N1)C(=O)Nc1ccc(F)c(F)c1F. The lowest BCUT2D eigenvalue weighted by Gasteiger charge is -2.16. The Hall–Kier alpha value is -2.58. The van der Waals surface area contributed by atoms with Gasteiger partial charge in [-0.25, -0.2) is 18.0 Å². The standard InChI is InChI=1S/C14H13F3N2O4/c1-6(23-14(22)9-4-5-10(20)18-9)13(21)19-8-3-2-7(15)11(16)12(8)17/h2-3,6,9H,4-5H2,1H3,(H,18,20)(H,19,21)/t6-,9-/m1/s1. The molecule has 0 bridgehead atoms. The van der Waals surface area contributed by atoms with Gasteiger partial charge in [0.2, 0.25) is 5.91 Å². The van der Waals surface area contributed by atoms with E-state index < -0.39 is 47.2 Å². The van der Waals surface area contributed by atoms with E-state index in [0.717, 1.165) is 6.07 Å². The van der Waals surface area contributed by atoms with Crippen LogP contribution in [0.2, 0.25) is 0 Å². The Kier molecular flexibility index (Phi) is 4.87. The first kappa shape index (κ1) is 16.8. The summed E-state index contributed by atoms with van der Waals surface area (Å²) in [5, 5.41) is 4.37. The molecule has 124 valence electrons. The molecule has 1 aromatic carbocycles. The van der Waals surface area contributed by atoms with Crippen LogP contribution in [0.15, 0.2) is 12.1 Å². The molecule has 23 heavy (non-hydrogen) atoms. The Morgan fingerprint density at radius 1 is 1.30 bits per heavy atom. The third kappa shape index (κ3) is 3.79. The van der Waals surface area contributed by atoms with Crippen molar-refractivity contribution < 1.29 is 32.3 Å². The first-order valence-corrected chi connectivity index (χ1v) is 6.74. The van der Waals surface area contributed by atoms with Gasteiger partial charge in [0.25, 0.3) is 5.91 Å². The van der Waals surface area contributed by atoms with Crippen LogP contribution in [0.3, 0.4) is 0 Å². The smallest absolute Gasteiger partial charge is 0.329 e. The molecule has 9 heteroatoms. The van der Waals surface area contributed by atoms with Crippen LogP contribution in [0.25, 0.3) is 0 Å². The molecule has 2 rings (SSSR count). The van der Waals surface area contributed by atoms with E-state index in [-0.39, 0.29) is 18.7 Å². The van der Waals surface area contributed by atoms with Crippen LogP contribution in [0.1, 0.15) is 19.8 Å². The maximum Gasteiger partial charge on any atom is 0.329 e. The van der Waals surface area contributed by atoms with Crippen molar-refractivity contribution in [3.63, 3.8) is 0 Å². The van der Waals surface area contributed by atoms with Crippen molar-refractivity contribution >= 4 is 23.5 Å². The second-order valence-electron chi connectivity index (χ2n) is 4.95. The second kappa shape index (κ2) is 6.67. The van der Waals surface area contributed by atoms with Gasteiger partial charge >= 0.3 is 5.97 Å².